The van der Waals surface area contributed by atoms with E-state index in [1.54, 1.807) is 11.3 Å². The van der Waals surface area contributed by atoms with E-state index in [9.17, 15) is 4.39 Å². The van der Waals surface area contributed by atoms with E-state index in [0.717, 1.165) is 24.4 Å². The molecule has 0 aliphatic carbocycles. The molecule has 0 radical (unpaired) electrons. The Labute approximate surface area is 130 Å². The van der Waals surface area contributed by atoms with Gasteiger partial charge in [0.1, 0.15) is 5.82 Å². The minimum atomic E-state index is -0.178. The number of nitrogens with zero attached hydrogens (tertiary/aromatic N) is 1. The maximum atomic E-state index is 13.0. The van der Waals surface area contributed by atoms with Gasteiger partial charge >= 0.3 is 0 Å². The zero-order valence-corrected chi connectivity index (χ0v) is 13.7. The first-order valence-corrected chi connectivity index (χ1v) is 8.18. The zero-order valence-electron chi connectivity index (χ0n) is 12.9. The lowest BCUT2D eigenvalue weighted by Gasteiger charge is -2.25. The first-order chi connectivity index (χ1) is 9.92. The fraction of sp³-hybridized carbons (Fsp3) is 0.471. The summed E-state index contributed by atoms with van der Waals surface area (Å²) in [7, 11) is 0. The van der Waals surface area contributed by atoms with Crippen LogP contribution in [0, 0.1) is 11.7 Å². The maximum absolute atomic E-state index is 13.0. The molecule has 1 heterocycles. The minimum absolute atomic E-state index is 0.101. The summed E-state index contributed by atoms with van der Waals surface area (Å²) in [5, 5.41) is 6.75. The van der Waals surface area contributed by atoms with E-state index >= 15 is 0 Å². The largest absolute Gasteiger partial charge is 0.312 e. The van der Waals surface area contributed by atoms with Crippen LogP contribution in [0.5, 0.6) is 0 Å². The molecule has 2 rings (SSSR count). The average molecular weight is 306 g/mol. The van der Waals surface area contributed by atoms with Crippen LogP contribution in [0.4, 0.5) is 4.39 Å². The van der Waals surface area contributed by atoms with E-state index in [1.165, 1.54) is 17.7 Å². The Morgan fingerprint density at radius 3 is 2.48 bits per heavy atom. The molecule has 1 aromatic heterocycles. The second kappa shape index (κ2) is 7.14. The molecular weight excluding hydrogens is 283 g/mol. The molecule has 1 aromatic carbocycles. The van der Waals surface area contributed by atoms with E-state index in [2.05, 4.69) is 31.1 Å². The van der Waals surface area contributed by atoms with Crippen molar-refractivity contribution in [1.82, 2.24) is 10.3 Å². The monoisotopic (exact) mass is 306 g/mol. The highest BCUT2D eigenvalue weighted by molar-refractivity contribution is 7.09. The quantitative estimate of drug-likeness (QED) is 0.870. The number of aromatic nitrogens is 1. The van der Waals surface area contributed by atoms with Crippen LogP contribution >= 0.6 is 11.3 Å². The summed E-state index contributed by atoms with van der Waals surface area (Å²) in [5.74, 6) is 0.281. The lowest BCUT2D eigenvalue weighted by Crippen LogP contribution is -2.40. The van der Waals surface area contributed by atoms with Crippen LogP contribution in [0.3, 0.4) is 0 Å². The normalized spacial score (nSPS) is 13.3. The van der Waals surface area contributed by atoms with Crippen molar-refractivity contribution in [3.8, 4) is 0 Å². The zero-order chi connectivity index (χ0) is 15.3. The molecule has 0 aliphatic rings. The third kappa shape index (κ3) is 5.94. The topological polar surface area (TPSA) is 24.9 Å². The van der Waals surface area contributed by atoms with Crippen molar-refractivity contribution in [3.63, 3.8) is 0 Å². The molecule has 0 bridgehead atoms. The third-order valence-corrected chi connectivity index (χ3v) is 4.11. The van der Waals surface area contributed by atoms with Gasteiger partial charge in [-0.05, 0) is 57.4 Å². The number of nitrogens with one attached hydrogen (secondary N) is 1. The van der Waals surface area contributed by atoms with Gasteiger partial charge in [0.05, 0.1) is 5.01 Å². The van der Waals surface area contributed by atoms with Crippen LogP contribution in [0.15, 0.2) is 35.8 Å². The highest BCUT2D eigenvalue weighted by Gasteiger charge is 2.16. The van der Waals surface area contributed by atoms with Crippen LogP contribution in [0.1, 0.15) is 31.3 Å². The Morgan fingerprint density at radius 1 is 1.19 bits per heavy atom. The number of rotatable bonds is 6. The van der Waals surface area contributed by atoms with Gasteiger partial charge in [0.15, 0.2) is 0 Å². The number of hydrogen-bond donors (Lipinski definition) is 1. The molecular formula is C17H23FN2S. The van der Waals surface area contributed by atoms with Gasteiger partial charge in [-0.2, -0.15) is 0 Å². The lowest BCUT2D eigenvalue weighted by molar-refractivity contribution is 0.367. The molecule has 1 atom stereocenters. The molecule has 0 aliphatic heterocycles. The van der Waals surface area contributed by atoms with E-state index in [4.69, 9.17) is 0 Å². The number of halogens is 1. The molecule has 0 amide bonds. The SMILES string of the molecule is CC(C)(C)NCC(Cc1ccc(F)cc1)Cc1nccs1. The first-order valence-electron chi connectivity index (χ1n) is 7.30. The molecule has 0 saturated heterocycles. The van der Waals surface area contributed by atoms with Gasteiger partial charge in [0.25, 0.3) is 0 Å². The van der Waals surface area contributed by atoms with Gasteiger partial charge in [-0.1, -0.05) is 12.1 Å². The Kier molecular flexibility index (Phi) is 5.48. The van der Waals surface area contributed by atoms with Crippen molar-refractivity contribution in [2.45, 2.75) is 39.2 Å². The first kappa shape index (κ1) is 16.1. The summed E-state index contributed by atoms with van der Waals surface area (Å²) in [4.78, 5) is 4.39. The van der Waals surface area contributed by atoms with Crippen molar-refractivity contribution in [2.75, 3.05) is 6.54 Å². The van der Waals surface area contributed by atoms with E-state index in [1.807, 2.05) is 23.7 Å². The van der Waals surface area contributed by atoms with Crippen LogP contribution in [-0.2, 0) is 12.8 Å². The van der Waals surface area contributed by atoms with Crippen molar-refractivity contribution >= 4 is 11.3 Å². The molecule has 1 N–H and O–H groups in total. The molecule has 0 saturated carbocycles. The predicted molar refractivity (Wildman–Crippen MR) is 87.2 cm³/mol. The van der Waals surface area contributed by atoms with Crippen molar-refractivity contribution in [3.05, 3.63) is 52.2 Å². The third-order valence-electron chi connectivity index (χ3n) is 3.31. The van der Waals surface area contributed by atoms with Gasteiger partial charge in [-0.25, -0.2) is 9.37 Å². The predicted octanol–water partition coefficient (Wildman–Crippen LogP) is 4.07. The summed E-state index contributed by atoms with van der Waals surface area (Å²) in [6, 6.07) is 6.82. The van der Waals surface area contributed by atoms with Crippen LogP contribution < -0.4 is 5.32 Å². The smallest absolute Gasteiger partial charge is 0.123 e. The maximum Gasteiger partial charge on any atom is 0.123 e. The van der Waals surface area contributed by atoms with Crippen molar-refractivity contribution < 1.29 is 4.39 Å². The van der Waals surface area contributed by atoms with Gasteiger partial charge < -0.3 is 5.32 Å². The Balaban J connectivity index is 2.01. The second-order valence-corrected chi connectivity index (χ2v) is 7.44. The Bertz CT molecular complexity index is 529. The van der Waals surface area contributed by atoms with Crippen LogP contribution in [0.2, 0.25) is 0 Å². The summed E-state index contributed by atoms with van der Waals surface area (Å²) >= 11 is 1.70. The lowest BCUT2D eigenvalue weighted by atomic mass is 9.95. The standard InChI is InChI=1S/C17H23FN2S/c1-17(2,3)20-12-14(11-16-19-8-9-21-16)10-13-4-6-15(18)7-5-13/h4-9,14,20H,10-12H2,1-3H3. The van der Waals surface area contributed by atoms with Gasteiger partial charge in [-0.3, -0.25) is 0 Å². The van der Waals surface area contributed by atoms with Crippen molar-refractivity contribution in [2.24, 2.45) is 5.92 Å². The fourth-order valence-electron chi connectivity index (χ4n) is 2.22. The molecule has 2 nitrogen and oxygen atoms in total. The molecule has 114 valence electrons. The second-order valence-electron chi connectivity index (χ2n) is 6.46. The van der Waals surface area contributed by atoms with Gasteiger partial charge in [0.2, 0.25) is 0 Å². The summed E-state index contributed by atoms with van der Waals surface area (Å²) in [5.41, 5.74) is 1.28. The van der Waals surface area contributed by atoms with Crippen LogP contribution in [0.25, 0.3) is 0 Å². The number of benzene rings is 1. The molecule has 4 heteroatoms. The molecule has 0 spiro atoms. The molecule has 21 heavy (non-hydrogen) atoms. The Morgan fingerprint density at radius 2 is 1.90 bits per heavy atom. The molecule has 0 fully saturated rings. The summed E-state index contributed by atoms with van der Waals surface area (Å²) in [6.07, 6.45) is 3.74. The summed E-state index contributed by atoms with van der Waals surface area (Å²) in [6.45, 7) is 7.45. The van der Waals surface area contributed by atoms with E-state index in [0.29, 0.717) is 5.92 Å². The summed E-state index contributed by atoms with van der Waals surface area (Å²) < 4.78 is 13.0. The average Bonchev–Trinajstić information content (AvgIpc) is 2.91. The van der Waals surface area contributed by atoms with E-state index in [-0.39, 0.29) is 11.4 Å². The Hall–Kier alpha value is -1.26. The number of thiazole rings is 1. The highest BCUT2D eigenvalue weighted by Crippen LogP contribution is 2.17. The minimum Gasteiger partial charge on any atom is -0.312 e. The molecule has 1 unspecified atom stereocenters. The molecule has 2 aromatic rings. The van der Waals surface area contributed by atoms with Gasteiger partial charge in [0, 0.05) is 23.5 Å². The highest BCUT2D eigenvalue weighted by atomic mass is 32.1. The van der Waals surface area contributed by atoms with E-state index < -0.39 is 0 Å². The van der Waals surface area contributed by atoms with Gasteiger partial charge in [-0.15, -0.1) is 11.3 Å². The number of hydrogen-bond acceptors (Lipinski definition) is 3. The van der Waals surface area contributed by atoms with Crippen molar-refractivity contribution in [1.29, 1.82) is 0 Å². The fourth-order valence-corrected chi connectivity index (χ4v) is 2.95. The van der Waals surface area contributed by atoms with Crippen LogP contribution in [-0.4, -0.2) is 17.1 Å².